The van der Waals surface area contributed by atoms with Crippen molar-refractivity contribution in [1.29, 1.82) is 0 Å². The minimum Gasteiger partial charge on any atom is -0.308 e. The van der Waals surface area contributed by atoms with Gasteiger partial charge >= 0.3 is 0 Å². The van der Waals surface area contributed by atoms with Crippen LogP contribution < -0.4 is 5.32 Å². The Morgan fingerprint density at radius 2 is 2.04 bits per heavy atom. The van der Waals surface area contributed by atoms with Gasteiger partial charge in [-0.25, -0.2) is 14.1 Å². The topological polar surface area (TPSA) is 59.8 Å². The maximum Gasteiger partial charge on any atom is 0.236 e. The number of anilines is 1. The molecule has 132 valence electrons. The Morgan fingerprint density at radius 1 is 1.23 bits per heavy atom. The molecule has 1 amide bonds. The van der Waals surface area contributed by atoms with Crippen molar-refractivity contribution in [3.63, 3.8) is 0 Å². The number of amides is 1. The summed E-state index contributed by atoms with van der Waals surface area (Å²) in [6.07, 6.45) is 3.93. The first-order valence-corrected chi connectivity index (χ1v) is 8.31. The average molecular weight is 375 g/mol. The molecule has 0 saturated heterocycles. The number of aromatic nitrogens is 3. The molecule has 3 aromatic rings. The van der Waals surface area contributed by atoms with Gasteiger partial charge in [-0.05, 0) is 31.0 Å². The van der Waals surface area contributed by atoms with E-state index in [0.29, 0.717) is 18.5 Å². The van der Waals surface area contributed by atoms with Crippen molar-refractivity contribution in [2.75, 3.05) is 5.32 Å². The van der Waals surface area contributed by atoms with Crippen LogP contribution in [-0.2, 0) is 10.2 Å². The van der Waals surface area contributed by atoms with E-state index in [1.807, 2.05) is 0 Å². The molecule has 0 unspecified atom stereocenters. The van der Waals surface area contributed by atoms with Gasteiger partial charge in [0.2, 0.25) is 11.9 Å². The Balaban J connectivity index is 1.58. The van der Waals surface area contributed by atoms with Crippen LogP contribution in [0, 0.1) is 11.8 Å². The molecule has 0 spiro atoms. The summed E-state index contributed by atoms with van der Waals surface area (Å²) in [5, 5.41) is 7.13. The minimum atomic E-state index is -0.977. The number of rotatable bonds is 4. The second-order valence-electron chi connectivity index (χ2n) is 6.12. The van der Waals surface area contributed by atoms with Crippen molar-refractivity contribution in [3.05, 3.63) is 71.1 Å². The number of halogens is 3. The van der Waals surface area contributed by atoms with Gasteiger partial charge in [-0.2, -0.15) is 9.49 Å². The molecular formula is C18H13ClF2N4O. The Morgan fingerprint density at radius 3 is 2.73 bits per heavy atom. The van der Waals surface area contributed by atoms with Crippen molar-refractivity contribution < 1.29 is 13.6 Å². The Hall–Kier alpha value is -2.80. The Kier molecular flexibility index (Phi) is 3.96. The highest BCUT2D eigenvalue weighted by Crippen LogP contribution is 2.52. The molecule has 0 atom stereocenters. The Bertz CT molecular complexity index is 980. The van der Waals surface area contributed by atoms with Gasteiger partial charge < -0.3 is 5.32 Å². The molecule has 0 bridgehead atoms. The molecule has 0 aliphatic heterocycles. The molecule has 1 fully saturated rings. The van der Waals surface area contributed by atoms with E-state index < -0.39 is 17.2 Å². The van der Waals surface area contributed by atoms with E-state index in [4.69, 9.17) is 11.6 Å². The lowest BCUT2D eigenvalue weighted by Crippen LogP contribution is -2.29. The molecular weight excluding hydrogens is 362 g/mol. The summed E-state index contributed by atoms with van der Waals surface area (Å²) >= 11 is 6.12. The van der Waals surface area contributed by atoms with Gasteiger partial charge in [0.15, 0.2) is 5.82 Å². The van der Waals surface area contributed by atoms with Crippen LogP contribution in [0.3, 0.4) is 0 Å². The molecule has 0 radical (unpaired) electrons. The predicted molar refractivity (Wildman–Crippen MR) is 92.3 cm³/mol. The van der Waals surface area contributed by atoms with Gasteiger partial charge in [0, 0.05) is 35.1 Å². The van der Waals surface area contributed by atoms with Crippen LogP contribution in [0.4, 0.5) is 14.6 Å². The van der Waals surface area contributed by atoms with E-state index in [2.05, 4.69) is 15.4 Å². The summed E-state index contributed by atoms with van der Waals surface area (Å²) in [6, 6.07) is 8.75. The van der Waals surface area contributed by atoms with E-state index in [0.717, 1.165) is 0 Å². The standard InChI is InChI=1S/C18H13ClF2N4O/c19-12-2-1-3-13(20)16(12)18(6-7-18)17(26)23-15-5-9-25(24-15)11-4-8-22-14(21)10-11/h1-5,8-10H,6-7H2,(H,23,24,26). The first kappa shape index (κ1) is 16.7. The van der Waals surface area contributed by atoms with Crippen LogP contribution in [-0.4, -0.2) is 20.7 Å². The van der Waals surface area contributed by atoms with Gasteiger partial charge in [0.1, 0.15) is 5.82 Å². The molecule has 1 aliphatic carbocycles. The summed E-state index contributed by atoms with van der Waals surface area (Å²) in [6.45, 7) is 0. The highest BCUT2D eigenvalue weighted by atomic mass is 35.5. The summed E-state index contributed by atoms with van der Waals surface area (Å²) in [5.41, 5.74) is -0.291. The van der Waals surface area contributed by atoms with Crippen molar-refractivity contribution in [3.8, 4) is 5.69 Å². The number of nitrogens with one attached hydrogen (secondary N) is 1. The van der Waals surface area contributed by atoms with Crippen molar-refractivity contribution >= 4 is 23.3 Å². The molecule has 1 aliphatic rings. The smallest absolute Gasteiger partial charge is 0.236 e. The van der Waals surface area contributed by atoms with Crippen molar-refractivity contribution in [2.45, 2.75) is 18.3 Å². The highest BCUT2D eigenvalue weighted by Gasteiger charge is 2.54. The van der Waals surface area contributed by atoms with Crippen LogP contribution in [0.1, 0.15) is 18.4 Å². The zero-order valence-corrected chi connectivity index (χ0v) is 14.2. The molecule has 1 aromatic carbocycles. The van der Waals surface area contributed by atoms with Crippen LogP contribution in [0.5, 0.6) is 0 Å². The molecule has 5 nitrogen and oxygen atoms in total. The van der Waals surface area contributed by atoms with Crippen molar-refractivity contribution in [2.24, 2.45) is 0 Å². The predicted octanol–water partition coefficient (Wildman–Crippen LogP) is 3.87. The molecule has 4 rings (SSSR count). The van der Waals surface area contributed by atoms with E-state index >= 15 is 0 Å². The van der Waals surface area contributed by atoms with E-state index in [1.165, 1.54) is 29.1 Å². The zero-order chi connectivity index (χ0) is 18.3. The van der Waals surface area contributed by atoms with Gasteiger partial charge in [-0.15, -0.1) is 0 Å². The molecule has 8 heteroatoms. The van der Waals surface area contributed by atoms with Crippen LogP contribution in [0.15, 0.2) is 48.8 Å². The number of pyridine rings is 1. The number of hydrogen-bond acceptors (Lipinski definition) is 3. The second kappa shape index (κ2) is 6.17. The third kappa shape index (κ3) is 2.84. The third-order valence-electron chi connectivity index (χ3n) is 4.43. The van der Waals surface area contributed by atoms with E-state index in [9.17, 15) is 13.6 Å². The fourth-order valence-corrected chi connectivity index (χ4v) is 3.32. The summed E-state index contributed by atoms with van der Waals surface area (Å²) in [5.74, 6) is -1.21. The van der Waals surface area contributed by atoms with Gasteiger partial charge in [-0.3, -0.25) is 4.79 Å². The fourth-order valence-electron chi connectivity index (χ4n) is 2.98. The number of carbonyl (C=O) groups is 1. The van der Waals surface area contributed by atoms with Gasteiger partial charge in [-0.1, -0.05) is 17.7 Å². The van der Waals surface area contributed by atoms with Gasteiger partial charge in [0.25, 0.3) is 0 Å². The SMILES string of the molecule is O=C(Nc1ccn(-c2ccnc(F)c2)n1)C1(c2c(F)cccc2Cl)CC1. The number of carbonyl (C=O) groups excluding carboxylic acids is 1. The largest absolute Gasteiger partial charge is 0.308 e. The molecule has 26 heavy (non-hydrogen) atoms. The fraction of sp³-hybridized carbons (Fsp3) is 0.167. The lowest BCUT2D eigenvalue weighted by atomic mass is 9.94. The normalized spacial score (nSPS) is 14.9. The quantitative estimate of drug-likeness (QED) is 0.705. The number of hydrogen-bond donors (Lipinski definition) is 1. The van der Waals surface area contributed by atoms with Crippen LogP contribution >= 0.6 is 11.6 Å². The van der Waals surface area contributed by atoms with Crippen LogP contribution in [0.2, 0.25) is 5.02 Å². The maximum atomic E-state index is 14.2. The lowest BCUT2D eigenvalue weighted by molar-refractivity contribution is -0.118. The number of benzene rings is 1. The Labute approximate surface area is 152 Å². The molecule has 1 N–H and O–H groups in total. The molecule has 2 aromatic heterocycles. The monoisotopic (exact) mass is 374 g/mol. The van der Waals surface area contributed by atoms with E-state index in [1.54, 1.807) is 24.4 Å². The maximum absolute atomic E-state index is 14.2. The van der Waals surface area contributed by atoms with Gasteiger partial charge in [0.05, 0.1) is 11.1 Å². The summed E-state index contributed by atoms with van der Waals surface area (Å²) < 4.78 is 28.9. The lowest BCUT2D eigenvalue weighted by Gasteiger charge is -2.17. The zero-order valence-electron chi connectivity index (χ0n) is 13.4. The first-order valence-electron chi connectivity index (χ1n) is 7.93. The summed E-state index contributed by atoms with van der Waals surface area (Å²) in [4.78, 5) is 16.2. The third-order valence-corrected chi connectivity index (χ3v) is 4.75. The summed E-state index contributed by atoms with van der Waals surface area (Å²) in [7, 11) is 0. The molecule has 2 heterocycles. The first-order chi connectivity index (χ1) is 12.5. The van der Waals surface area contributed by atoms with Crippen molar-refractivity contribution in [1.82, 2.24) is 14.8 Å². The highest BCUT2D eigenvalue weighted by molar-refractivity contribution is 6.32. The number of nitrogens with zero attached hydrogens (tertiary/aromatic N) is 3. The van der Waals surface area contributed by atoms with Crippen LogP contribution in [0.25, 0.3) is 5.69 Å². The average Bonchev–Trinajstić information content (AvgIpc) is 3.27. The van der Waals surface area contributed by atoms with E-state index in [-0.39, 0.29) is 22.3 Å². The molecule has 1 saturated carbocycles. The minimum absolute atomic E-state index is 0.217. The second-order valence-corrected chi connectivity index (χ2v) is 6.52.